The summed E-state index contributed by atoms with van der Waals surface area (Å²) < 4.78 is 11.2. The molecule has 0 radical (unpaired) electrons. The predicted octanol–water partition coefficient (Wildman–Crippen LogP) is 1.92. The third kappa shape index (κ3) is 3.39. The summed E-state index contributed by atoms with van der Waals surface area (Å²) in [4.78, 5) is 0. The van der Waals surface area contributed by atoms with E-state index in [9.17, 15) is 0 Å². The topological polar surface area (TPSA) is 77.1 Å². The molecule has 0 fully saturated rings. The third-order valence-electron chi connectivity index (χ3n) is 1.83. The molecule has 1 aromatic carbocycles. The number of nitrogens with two attached hydrogens (primary N) is 1. The van der Waals surface area contributed by atoms with E-state index in [0.29, 0.717) is 17.9 Å². The molecule has 1 rings (SSSR count). The largest absolute Gasteiger partial charge is 0.467 e. The van der Waals surface area contributed by atoms with Gasteiger partial charge in [0.2, 0.25) is 0 Å². The lowest BCUT2D eigenvalue weighted by Crippen LogP contribution is -2.15. The molecule has 0 aliphatic carbocycles. The second kappa shape index (κ2) is 6.34. The lowest BCUT2D eigenvalue weighted by molar-refractivity contribution is 0.0223. The number of oxime groups is 1. The van der Waals surface area contributed by atoms with Crippen LogP contribution in [0.25, 0.3) is 0 Å². The van der Waals surface area contributed by atoms with Crippen molar-refractivity contribution in [1.82, 2.24) is 0 Å². The number of hydrogen-bond acceptors (Lipinski definition) is 4. The van der Waals surface area contributed by atoms with Gasteiger partial charge in [-0.05, 0) is 25.1 Å². The summed E-state index contributed by atoms with van der Waals surface area (Å²) in [5, 5.41) is 11.6. The number of ether oxygens (including phenoxy) is 2. The zero-order chi connectivity index (χ0) is 12.0. The first-order chi connectivity index (χ1) is 7.69. The van der Waals surface area contributed by atoms with Crippen molar-refractivity contribution in [1.29, 1.82) is 0 Å². The number of hydrogen-bond donors (Lipinski definition) is 2. The minimum Gasteiger partial charge on any atom is -0.467 e. The van der Waals surface area contributed by atoms with Crippen LogP contribution < -0.4 is 10.5 Å². The Morgan fingerprint density at radius 1 is 1.56 bits per heavy atom. The number of amidine groups is 1. The molecule has 0 aliphatic rings. The number of benzene rings is 1. The minimum atomic E-state index is -0.00667. The van der Waals surface area contributed by atoms with Crippen LogP contribution >= 0.6 is 15.9 Å². The summed E-state index contributed by atoms with van der Waals surface area (Å²) in [5.41, 5.74) is 6.04. The lowest BCUT2D eigenvalue weighted by atomic mass is 10.2. The second-order valence-electron chi connectivity index (χ2n) is 2.88. The zero-order valence-corrected chi connectivity index (χ0v) is 10.4. The van der Waals surface area contributed by atoms with Gasteiger partial charge in [0.25, 0.3) is 0 Å². The van der Waals surface area contributed by atoms with E-state index < -0.39 is 0 Å². The maximum Gasteiger partial charge on any atom is 0.189 e. The molecule has 88 valence electrons. The van der Waals surface area contributed by atoms with E-state index in [1.165, 1.54) is 0 Å². The highest BCUT2D eigenvalue weighted by Crippen LogP contribution is 2.23. The molecule has 0 saturated heterocycles. The molecule has 0 amide bonds. The monoisotopic (exact) mass is 288 g/mol. The Morgan fingerprint density at radius 3 is 2.94 bits per heavy atom. The van der Waals surface area contributed by atoms with Crippen molar-refractivity contribution in [3.05, 3.63) is 28.2 Å². The van der Waals surface area contributed by atoms with Crippen molar-refractivity contribution in [3.63, 3.8) is 0 Å². The molecule has 0 spiro atoms. The molecule has 1 aromatic rings. The normalized spacial score (nSPS) is 11.5. The molecule has 0 saturated carbocycles. The van der Waals surface area contributed by atoms with Gasteiger partial charge in [0.05, 0.1) is 5.56 Å². The molecule has 3 N–H and O–H groups in total. The van der Waals surface area contributed by atoms with E-state index >= 15 is 0 Å². The Balaban J connectivity index is 2.89. The highest BCUT2D eigenvalue weighted by molar-refractivity contribution is 9.10. The Kier molecular flexibility index (Phi) is 5.07. The van der Waals surface area contributed by atoms with Crippen molar-refractivity contribution in [2.24, 2.45) is 10.9 Å². The van der Waals surface area contributed by atoms with Gasteiger partial charge in [-0.15, -0.1) is 0 Å². The van der Waals surface area contributed by atoms with E-state index in [1.54, 1.807) is 18.2 Å². The first-order valence-corrected chi connectivity index (χ1v) is 5.46. The molecule has 16 heavy (non-hydrogen) atoms. The van der Waals surface area contributed by atoms with Crippen molar-refractivity contribution < 1.29 is 14.7 Å². The second-order valence-corrected chi connectivity index (χ2v) is 3.80. The molecule has 0 bridgehead atoms. The Bertz CT molecular complexity index is 382. The van der Waals surface area contributed by atoms with Crippen LogP contribution in [0.3, 0.4) is 0 Å². The molecule has 6 heteroatoms. The van der Waals surface area contributed by atoms with Gasteiger partial charge in [0.15, 0.2) is 12.6 Å². The van der Waals surface area contributed by atoms with Gasteiger partial charge in [0, 0.05) is 11.1 Å². The molecule has 5 nitrogen and oxygen atoms in total. The van der Waals surface area contributed by atoms with E-state index in [0.717, 1.165) is 4.47 Å². The average Bonchev–Trinajstić information content (AvgIpc) is 2.30. The minimum absolute atomic E-state index is 0.00667. The Hall–Kier alpha value is -1.27. The summed E-state index contributed by atoms with van der Waals surface area (Å²) in [6.07, 6.45) is 0. The quantitative estimate of drug-likeness (QED) is 0.217. The average molecular weight is 289 g/mol. The summed E-state index contributed by atoms with van der Waals surface area (Å²) in [6, 6.07) is 5.22. The highest BCUT2D eigenvalue weighted by Gasteiger charge is 2.09. The number of halogens is 1. The Labute approximate surface area is 102 Å². The highest BCUT2D eigenvalue weighted by atomic mass is 79.9. The smallest absolute Gasteiger partial charge is 0.189 e. The first kappa shape index (κ1) is 12.8. The molecular formula is C10H13BrN2O3. The van der Waals surface area contributed by atoms with Gasteiger partial charge in [0.1, 0.15) is 5.75 Å². The standard InChI is InChI=1S/C10H13BrN2O3/c1-2-15-6-16-9-4-3-7(11)5-8(9)10(12)13-14/h3-5,14H,2,6H2,1H3,(H2,12,13). The van der Waals surface area contributed by atoms with E-state index in [-0.39, 0.29) is 12.6 Å². The first-order valence-electron chi connectivity index (χ1n) is 4.67. The van der Waals surface area contributed by atoms with E-state index in [1.807, 2.05) is 6.92 Å². The Morgan fingerprint density at radius 2 is 2.31 bits per heavy atom. The van der Waals surface area contributed by atoms with Crippen LogP contribution in [0.1, 0.15) is 12.5 Å². The molecule has 0 unspecified atom stereocenters. The fourth-order valence-corrected chi connectivity index (χ4v) is 1.43. The van der Waals surface area contributed by atoms with Crippen molar-refractivity contribution in [2.45, 2.75) is 6.92 Å². The van der Waals surface area contributed by atoms with Crippen molar-refractivity contribution >= 4 is 21.8 Å². The van der Waals surface area contributed by atoms with Crippen molar-refractivity contribution in [3.8, 4) is 5.75 Å². The van der Waals surface area contributed by atoms with Crippen LogP contribution in [0.5, 0.6) is 5.75 Å². The fraction of sp³-hybridized carbons (Fsp3) is 0.300. The van der Waals surface area contributed by atoms with Crippen LogP contribution in [-0.2, 0) is 4.74 Å². The summed E-state index contributed by atoms with van der Waals surface area (Å²) in [6.45, 7) is 2.56. The van der Waals surface area contributed by atoms with Gasteiger partial charge in [-0.3, -0.25) is 0 Å². The van der Waals surface area contributed by atoms with Crippen LogP contribution in [0.2, 0.25) is 0 Å². The van der Waals surface area contributed by atoms with Crippen LogP contribution in [0, 0.1) is 0 Å². The summed E-state index contributed by atoms with van der Waals surface area (Å²) in [7, 11) is 0. The van der Waals surface area contributed by atoms with Crippen LogP contribution in [-0.4, -0.2) is 24.4 Å². The summed E-state index contributed by atoms with van der Waals surface area (Å²) in [5.74, 6) is 0.500. The van der Waals surface area contributed by atoms with Crippen molar-refractivity contribution in [2.75, 3.05) is 13.4 Å². The predicted molar refractivity (Wildman–Crippen MR) is 63.8 cm³/mol. The fourth-order valence-electron chi connectivity index (χ4n) is 1.07. The van der Waals surface area contributed by atoms with Gasteiger partial charge in [-0.25, -0.2) is 0 Å². The third-order valence-corrected chi connectivity index (χ3v) is 2.32. The van der Waals surface area contributed by atoms with E-state index in [2.05, 4.69) is 21.1 Å². The van der Waals surface area contributed by atoms with Gasteiger partial charge in [-0.1, -0.05) is 21.1 Å². The SMILES string of the molecule is CCOCOc1ccc(Br)cc1/C(N)=N/O. The molecule has 0 aromatic heterocycles. The van der Waals surface area contributed by atoms with Crippen LogP contribution in [0.4, 0.5) is 0 Å². The maximum atomic E-state index is 8.64. The molecule has 0 atom stereocenters. The molecular weight excluding hydrogens is 276 g/mol. The van der Waals surface area contributed by atoms with Gasteiger partial charge >= 0.3 is 0 Å². The number of nitrogens with zero attached hydrogens (tertiary/aromatic N) is 1. The van der Waals surface area contributed by atoms with Gasteiger partial charge in [-0.2, -0.15) is 0 Å². The zero-order valence-electron chi connectivity index (χ0n) is 8.81. The summed E-state index contributed by atoms with van der Waals surface area (Å²) >= 11 is 3.30. The van der Waals surface area contributed by atoms with Gasteiger partial charge < -0.3 is 20.4 Å². The molecule has 0 heterocycles. The van der Waals surface area contributed by atoms with E-state index in [4.69, 9.17) is 20.4 Å². The lowest BCUT2D eigenvalue weighted by Gasteiger charge is -2.10. The van der Waals surface area contributed by atoms with Crippen LogP contribution in [0.15, 0.2) is 27.8 Å². The molecule has 0 aliphatic heterocycles. The number of rotatable bonds is 5. The maximum absolute atomic E-state index is 8.64.